The van der Waals surface area contributed by atoms with Crippen LogP contribution in [0.15, 0.2) is 18.2 Å². The van der Waals surface area contributed by atoms with Gasteiger partial charge in [0.05, 0.1) is 17.3 Å². The van der Waals surface area contributed by atoms with Crippen molar-refractivity contribution in [1.29, 1.82) is 0 Å². The van der Waals surface area contributed by atoms with Gasteiger partial charge in [0.25, 0.3) is 0 Å². The first-order valence-corrected chi connectivity index (χ1v) is 6.13. The first kappa shape index (κ1) is 12.7. The van der Waals surface area contributed by atoms with Crippen molar-refractivity contribution in [3.05, 3.63) is 29.0 Å². The van der Waals surface area contributed by atoms with Gasteiger partial charge < -0.3 is 10.8 Å². The molecule has 0 amide bonds. The van der Waals surface area contributed by atoms with Crippen molar-refractivity contribution in [3.63, 3.8) is 0 Å². The van der Waals surface area contributed by atoms with Crippen molar-refractivity contribution in [1.82, 2.24) is 4.98 Å². The van der Waals surface area contributed by atoms with E-state index in [-0.39, 0.29) is 0 Å². The summed E-state index contributed by atoms with van der Waals surface area (Å²) in [7, 11) is 0. The van der Waals surface area contributed by atoms with Crippen LogP contribution in [0.3, 0.4) is 0 Å². The highest BCUT2D eigenvalue weighted by atomic mass is 35.5. The lowest BCUT2D eigenvalue weighted by molar-refractivity contribution is -0.0373. The van der Waals surface area contributed by atoms with Gasteiger partial charge in [-0.1, -0.05) is 17.7 Å². The Balaban J connectivity index is 2.16. The Morgan fingerprint density at radius 1 is 1.47 bits per heavy atom. The van der Waals surface area contributed by atoms with Crippen molar-refractivity contribution in [3.8, 4) is 0 Å². The van der Waals surface area contributed by atoms with Crippen LogP contribution in [-0.4, -0.2) is 21.9 Å². The minimum atomic E-state index is -1.07. The topological polar surface area (TPSA) is 59.1 Å². The zero-order valence-corrected chi connectivity index (χ0v) is 10.2. The van der Waals surface area contributed by atoms with Crippen molar-refractivity contribution in [2.24, 2.45) is 5.73 Å². The van der Waals surface area contributed by atoms with E-state index >= 15 is 0 Å². The smallest absolute Gasteiger partial charge is 0.129 e. The first-order chi connectivity index (χ1) is 8.01. The molecule has 5 heteroatoms. The van der Waals surface area contributed by atoms with E-state index < -0.39 is 17.8 Å². The number of hydrogen-bond acceptors (Lipinski definition) is 3. The average Bonchev–Trinajstić information content (AvgIpc) is 2.32. The quantitative estimate of drug-likeness (QED) is 0.801. The second-order valence-corrected chi connectivity index (χ2v) is 5.03. The van der Waals surface area contributed by atoms with Crippen LogP contribution in [0.1, 0.15) is 37.4 Å². The van der Waals surface area contributed by atoms with Gasteiger partial charge in [0.1, 0.15) is 11.3 Å². The standard InChI is InChI=1S/C12H16ClFN2O/c13-10-3-1-2-9(16-10)11(15)12(17)6-4-8(14)5-7-12/h1-3,8,11,17H,4-7,15H2/t8-,11?,12+. The monoisotopic (exact) mass is 258 g/mol. The highest BCUT2D eigenvalue weighted by Crippen LogP contribution is 2.37. The van der Waals surface area contributed by atoms with Crippen molar-refractivity contribution in [2.45, 2.75) is 43.5 Å². The minimum Gasteiger partial charge on any atom is -0.388 e. The molecule has 3 nitrogen and oxygen atoms in total. The summed E-state index contributed by atoms with van der Waals surface area (Å²) >= 11 is 5.79. The molecule has 1 fully saturated rings. The van der Waals surface area contributed by atoms with Gasteiger partial charge in [0.15, 0.2) is 0 Å². The number of nitrogens with two attached hydrogens (primary N) is 1. The first-order valence-electron chi connectivity index (χ1n) is 5.76. The van der Waals surface area contributed by atoms with Crippen LogP contribution in [0.25, 0.3) is 0 Å². The number of pyridine rings is 1. The Morgan fingerprint density at radius 2 is 2.12 bits per heavy atom. The largest absolute Gasteiger partial charge is 0.388 e. The maximum absolute atomic E-state index is 13.1. The fourth-order valence-electron chi connectivity index (χ4n) is 2.27. The van der Waals surface area contributed by atoms with Gasteiger partial charge in [-0.25, -0.2) is 9.37 Å². The number of halogens is 2. The molecule has 2 rings (SSSR count). The summed E-state index contributed by atoms with van der Waals surface area (Å²) in [6.45, 7) is 0. The summed E-state index contributed by atoms with van der Waals surface area (Å²) in [6.07, 6.45) is 0.609. The summed E-state index contributed by atoms with van der Waals surface area (Å²) in [5.41, 5.74) is 5.51. The molecular formula is C12H16ClFN2O. The normalized spacial score (nSPS) is 31.2. The highest BCUT2D eigenvalue weighted by molar-refractivity contribution is 6.29. The summed E-state index contributed by atoms with van der Waals surface area (Å²) in [6, 6.07) is 4.51. The second-order valence-electron chi connectivity index (χ2n) is 4.64. The summed E-state index contributed by atoms with van der Waals surface area (Å²) < 4.78 is 13.1. The van der Waals surface area contributed by atoms with E-state index in [1.807, 2.05) is 0 Å². The van der Waals surface area contributed by atoms with E-state index in [2.05, 4.69) is 4.98 Å². The zero-order chi connectivity index (χ0) is 12.5. The number of nitrogens with zero attached hydrogens (tertiary/aromatic N) is 1. The molecule has 0 radical (unpaired) electrons. The number of rotatable bonds is 2. The molecule has 17 heavy (non-hydrogen) atoms. The van der Waals surface area contributed by atoms with Crippen molar-refractivity contribution >= 4 is 11.6 Å². The van der Waals surface area contributed by atoms with E-state index in [0.29, 0.717) is 36.5 Å². The van der Waals surface area contributed by atoms with E-state index in [0.717, 1.165) is 0 Å². The number of aliphatic hydroxyl groups is 1. The van der Waals surface area contributed by atoms with Crippen molar-refractivity contribution < 1.29 is 9.50 Å². The molecule has 0 aromatic carbocycles. The van der Waals surface area contributed by atoms with E-state index in [1.54, 1.807) is 18.2 Å². The summed E-state index contributed by atoms with van der Waals surface area (Å²) in [4.78, 5) is 4.10. The van der Waals surface area contributed by atoms with Crippen LogP contribution in [0, 0.1) is 0 Å². The molecule has 1 unspecified atom stereocenters. The van der Waals surface area contributed by atoms with E-state index in [9.17, 15) is 9.50 Å². The molecule has 1 aromatic heterocycles. The van der Waals surface area contributed by atoms with Crippen LogP contribution in [0.5, 0.6) is 0 Å². The molecule has 0 spiro atoms. The Hall–Kier alpha value is -0.710. The van der Waals surface area contributed by atoms with Crippen molar-refractivity contribution in [2.75, 3.05) is 0 Å². The number of alkyl halides is 1. The van der Waals surface area contributed by atoms with Gasteiger partial charge in [0, 0.05) is 0 Å². The minimum absolute atomic E-state index is 0.348. The fraction of sp³-hybridized carbons (Fsp3) is 0.583. The van der Waals surface area contributed by atoms with Gasteiger partial charge in [-0.2, -0.15) is 0 Å². The Bertz CT molecular complexity index is 394. The lowest BCUT2D eigenvalue weighted by Gasteiger charge is -2.37. The molecule has 1 aliphatic rings. The zero-order valence-electron chi connectivity index (χ0n) is 9.44. The van der Waals surface area contributed by atoms with E-state index in [1.165, 1.54) is 0 Å². The Kier molecular flexibility index (Phi) is 3.66. The lowest BCUT2D eigenvalue weighted by Crippen LogP contribution is -2.44. The van der Waals surface area contributed by atoms with Crippen LogP contribution in [0.2, 0.25) is 5.15 Å². The molecule has 3 N–H and O–H groups in total. The third-order valence-corrected chi connectivity index (χ3v) is 3.63. The SMILES string of the molecule is NC(c1cccc(Cl)n1)[C@]1(O)CC[C@@H](F)CC1. The average molecular weight is 259 g/mol. The molecule has 1 saturated carbocycles. The number of hydrogen-bond donors (Lipinski definition) is 2. The predicted octanol–water partition coefficient (Wildman–Crippen LogP) is 2.38. The molecule has 0 aliphatic heterocycles. The molecule has 1 aromatic rings. The van der Waals surface area contributed by atoms with Crippen LogP contribution in [0.4, 0.5) is 4.39 Å². The molecule has 94 valence electrons. The molecule has 1 aliphatic carbocycles. The molecule has 1 heterocycles. The summed E-state index contributed by atoms with van der Waals surface area (Å²) in [5.74, 6) is 0. The highest BCUT2D eigenvalue weighted by Gasteiger charge is 2.39. The molecule has 0 bridgehead atoms. The van der Waals surface area contributed by atoms with Crippen LogP contribution < -0.4 is 5.73 Å². The third-order valence-electron chi connectivity index (χ3n) is 3.42. The van der Waals surface area contributed by atoms with Gasteiger partial charge >= 0.3 is 0 Å². The van der Waals surface area contributed by atoms with Crippen LogP contribution >= 0.6 is 11.6 Å². The van der Waals surface area contributed by atoms with Gasteiger partial charge in [0.2, 0.25) is 0 Å². The second kappa shape index (κ2) is 4.88. The van der Waals surface area contributed by atoms with Gasteiger partial charge in [-0.3, -0.25) is 0 Å². The molecule has 1 atom stereocenters. The maximum atomic E-state index is 13.1. The predicted molar refractivity (Wildman–Crippen MR) is 64.5 cm³/mol. The Labute approximate surface area is 105 Å². The van der Waals surface area contributed by atoms with Crippen LogP contribution in [-0.2, 0) is 0 Å². The maximum Gasteiger partial charge on any atom is 0.129 e. The third kappa shape index (κ3) is 2.76. The Morgan fingerprint density at radius 3 is 2.71 bits per heavy atom. The lowest BCUT2D eigenvalue weighted by atomic mass is 9.78. The molecular weight excluding hydrogens is 243 g/mol. The molecule has 0 saturated heterocycles. The van der Waals surface area contributed by atoms with Gasteiger partial charge in [-0.05, 0) is 37.8 Å². The summed E-state index contributed by atoms with van der Waals surface area (Å²) in [5, 5.41) is 10.8. The van der Waals surface area contributed by atoms with Gasteiger partial charge in [-0.15, -0.1) is 0 Å². The van der Waals surface area contributed by atoms with E-state index in [4.69, 9.17) is 17.3 Å². The fourth-order valence-corrected chi connectivity index (χ4v) is 2.44. The number of aromatic nitrogens is 1.